The molecule has 0 radical (unpaired) electrons. The molecule has 2 aromatic heterocycles. The third-order valence-electron chi connectivity index (χ3n) is 2.54. The van der Waals surface area contributed by atoms with E-state index >= 15 is 0 Å². The van der Waals surface area contributed by atoms with Crippen LogP contribution in [0.25, 0.3) is 11.2 Å². The Morgan fingerprint density at radius 1 is 1.56 bits per heavy atom. The average molecular weight is 236 g/mol. The molecule has 2 aromatic rings. The lowest BCUT2D eigenvalue weighted by Crippen LogP contribution is -2.11. The van der Waals surface area contributed by atoms with Gasteiger partial charge < -0.3 is 5.73 Å². The fourth-order valence-corrected chi connectivity index (χ4v) is 2.48. The highest BCUT2D eigenvalue weighted by molar-refractivity contribution is 7.98. The summed E-state index contributed by atoms with van der Waals surface area (Å²) in [4.78, 5) is 8.76. The number of nitrogens with zero attached hydrogens (tertiary/aromatic N) is 3. The van der Waals surface area contributed by atoms with E-state index in [2.05, 4.69) is 23.1 Å². The first-order chi connectivity index (χ1) is 7.63. The number of thioether (sulfide) groups is 1. The summed E-state index contributed by atoms with van der Waals surface area (Å²) < 4.78 is 2.01. The number of aryl methyl sites for hydroxylation is 1. The smallest absolute Gasteiger partial charge is 0.202 e. The number of nitrogen functional groups attached to an aromatic ring is 1. The summed E-state index contributed by atoms with van der Waals surface area (Å²) in [6.45, 7) is 4.14. The van der Waals surface area contributed by atoms with Crippen LogP contribution in [0.3, 0.4) is 0 Å². The summed E-state index contributed by atoms with van der Waals surface area (Å²) in [6, 6.07) is 2.33. The highest BCUT2D eigenvalue weighted by Crippen LogP contribution is 2.23. The van der Waals surface area contributed by atoms with Crippen LogP contribution in [0.1, 0.15) is 18.5 Å². The summed E-state index contributed by atoms with van der Waals surface area (Å²) in [5, 5.41) is 0. The van der Waals surface area contributed by atoms with Crippen LogP contribution in [0.15, 0.2) is 12.3 Å². The Morgan fingerprint density at radius 2 is 2.31 bits per heavy atom. The summed E-state index contributed by atoms with van der Waals surface area (Å²) >= 11 is 1.80. The van der Waals surface area contributed by atoms with Crippen LogP contribution in [0.2, 0.25) is 0 Å². The Labute approximate surface area is 99.3 Å². The molecule has 2 N–H and O–H groups in total. The molecule has 0 amide bonds. The lowest BCUT2D eigenvalue weighted by atomic mass is 10.3. The number of nitrogens with two attached hydrogens (primary N) is 1. The monoisotopic (exact) mass is 236 g/mol. The molecule has 1 atom stereocenters. The molecule has 2 rings (SSSR count). The second kappa shape index (κ2) is 4.33. The molecule has 0 saturated heterocycles. The number of imidazole rings is 1. The van der Waals surface area contributed by atoms with Gasteiger partial charge in [-0.1, -0.05) is 0 Å². The highest BCUT2D eigenvalue weighted by atomic mass is 32.2. The van der Waals surface area contributed by atoms with Gasteiger partial charge in [-0.15, -0.1) is 0 Å². The van der Waals surface area contributed by atoms with Crippen LogP contribution < -0.4 is 5.73 Å². The van der Waals surface area contributed by atoms with Gasteiger partial charge in [0.2, 0.25) is 5.95 Å². The first kappa shape index (κ1) is 11.3. The number of fused-ring (bicyclic) bond motifs is 1. The Hall–Kier alpha value is -1.23. The molecule has 0 fully saturated rings. The van der Waals surface area contributed by atoms with E-state index < -0.39 is 0 Å². The number of anilines is 1. The molecule has 5 heteroatoms. The van der Waals surface area contributed by atoms with E-state index in [-0.39, 0.29) is 0 Å². The predicted octanol–water partition coefficient (Wildman–Crippen LogP) is 2.25. The van der Waals surface area contributed by atoms with E-state index in [1.54, 1.807) is 11.8 Å². The third-order valence-corrected chi connectivity index (χ3v) is 3.36. The second-order valence-electron chi connectivity index (χ2n) is 4.00. The molecular formula is C11H16N4S. The number of hydrogen-bond acceptors (Lipinski definition) is 4. The van der Waals surface area contributed by atoms with E-state index in [4.69, 9.17) is 5.73 Å². The van der Waals surface area contributed by atoms with Gasteiger partial charge in [0.25, 0.3) is 0 Å². The molecular weight excluding hydrogens is 220 g/mol. The SMILES string of the molecule is CSCC(C)n1c(N)nc2cc(C)cnc21. The summed E-state index contributed by atoms with van der Waals surface area (Å²) in [6.07, 6.45) is 3.94. The Morgan fingerprint density at radius 3 is 3.00 bits per heavy atom. The van der Waals surface area contributed by atoms with Gasteiger partial charge in [0, 0.05) is 18.0 Å². The van der Waals surface area contributed by atoms with Crippen molar-refractivity contribution >= 4 is 28.9 Å². The minimum atomic E-state index is 0.315. The van der Waals surface area contributed by atoms with Gasteiger partial charge in [-0.05, 0) is 31.7 Å². The number of pyridine rings is 1. The predicted molar refractivity (Wildman–Crippen MR) is 69.8 cm³/mol. The number of rotatable bonds is 3. The van der Waals surface area contributed by atoms with Crippen LogP contribution in [0.5, 0.6) is 0 Å². The van der Waals surface area contributed by atoms with Crippen molar-refractivity contribution in [3.63, 3.8) is 0 Å². The van der Waals surface area contributed by atoms with Crippen molar-refractivity contribution in [2.75, 3.05) is 17.7 Å². The van der Waals surface area contributed by atoms with Crippen LogP contribution in [0, 0.1) is 6.92 Å². The lowest BCUT2D eigenvalue weighted by molar-refractivity contribution is 0.632. The highest BCUT2D eigenvalue weighted by Gasteiger charge is 2.14. The molecule has 0 bridgehead atoms. The van der Waals surface area contributed by atoms with Gasteiger partial charge in [0.1, 0.15) is 5.52 Å². The number of aromatic nitrogens is 3. The van der Waals surface area contributed by atoms with Gasteiger partial charge in [0.05, 0.1) is 0 Å². The maximum Gasteiger partial charge on any atom is 0.202 e. The molecule has 0 aliphatic heterocycles. The van der Waals surface area contributed by atoms with E-state index in [9.17, 15) is 0 Å². The molecule has 16 heavy (non-hydrogen) atoms. The van der Waals surface area contributed by atoms with E-state index in [1.165, 1.54) is 0 Å². The minimum Gasteiger partial charge on any atom is -0.369 e. The van der Waals surface area contributed by atoms with Crippen molar-refractivity contribution in [3.05, 3.63) is 17.8 Å². The van der Waals surface area contributed by atoms with Gasteiger partial charge in [-0.25, -0.2) is 9.97 Å². The molecule has 86 valence electrons. The summed E-state index contributed by atoms with van der Waals surface area (Å²) in [5.74, 6) is 1.56. The molecule has 0 spiro atoms. The third kappa shape index (κ3) is 1.87. The molecule has 0 aliphatic rings. The standard InChI is InChI=1S/C11H16N4S/c1-7-4-9-10(13-5-7)15(11(12)14-9)8(2)6-16-3/h4-5,8H,6H2,1-3H3,(H2,12,14). The lowest BCUT2D eigenvalue weighted by Gasteiger charge is -2.13. The fraction of sp³-hybridized carbons (Fsp3) is 0.455. The van der Waals surface area contributed by atoms with Crippen LogP contribution in [0.4, 0.5) is 5.95 Å². The first-order valence-corrected chi connectivity index (χ1v) is 6.62. The van der Waals surface area contributed by atoms with Crippen molar-refractivity contribution in [2.45, 2.75) is 19.9 Å². The second-order valence-corrected chi connectivity index (χ2v) is 4.91. The Kier molecular flexibility index (Phi) is 3.05. The van der Waals surface area contributed by atoms with Gasteiger partial charge in [-0.2, -0.15) is 11.8 Å². The van der Waals surface area contributed by atoms with Crippen molar-refractivity contribution < 1.29 is 0 Å². The van der Waals surface area contributed by atoms with Crippen molar-refractivity contribution in [1.82, 2.24) is 14.5 Å². The summed E-state index contributed by atoms with van der Waals surface area (Å²) in [7, 11) is 0. The zero-order chi connectivity index (χ0) is 11.7. The topological polar surface area (TPSA) is 56.7 Å². The minimum absolute atomic E-state index is 0.315. The van der Waals surface area contributed by atoms with E-state index in [0.29, 0.717) is 12.0 Å². The van der Waals surface area contributed by atoms with Crippen LogP contribution in [-0.2, 0) is 0 Å². The largest absolute Gasteiger partial charge is 0.369 e. The molecule has 0 aliphatic carbocycles. The molecule has 0 aromatic carbocycles. The van der Waals surface area contributed by atoms with Crippen molar-refractivity contribution in [1.29, 1.82) is 0 Å². The van der Waals surface area contributed by atoms with Crippen LogP contribution >= 0.6 is 11.8 Å². The first-order valence-electron chi connectivity index (χ1n) is 5.22. The van der Waals surface area contributed by atoms with E-state index in [0.717, 1.165) is 22.5 Å². The quantitative estimate of drug-likeness (QED) is 0.888. The van der Waals surface area contributed by atoms with Gasteiger partial charge >= 0.3 is 0 Å². The van der Waals surface area contributed by atoms with E-state index in [1.807, 2.05) is 23.8 Å². The normalized spacial score (nSPS) is 13.2. The molecule has 1 unspecified atom stereocenters. The molecule has 0 saturated carbocycles. The van der Waals surface area contributed by atoms with Gasteiger partial charge in [0.15, 0.2) is 5.65 Å². The molecule has 4 nitrogen and oxygen atoms in total. The zero-order valence-corrected chi connectivity index (χ0v) is 10.6. The zero-order valence-electron chi connectivity index (χ0n) is 9.77. The van der Waals surface area contributed by atoms with Crippen molar-refractivity contribution in [3.8, 4) is 0 Å². The fourth-order valence-electron chi connectivity index (χ4n) is 1.85. The maximum absolute atomic E-state index is 5.94. The summed E-state index contributed by atoms with van der Waals surface area (Å²) in [5.41, 5.74) is 8.80. The van der Waals surface area contributed by atoms with Gasteiger partial charge in [-0.3, -0.25) is 4.57 Å². The number of hydrogen-bond donors (Lipinski definition) is 1. The Balaban J connectivity index is 2.55. The average Bonchev–Trinajstić information content (AvgIpc) is 2.53. The maximum atomic E-state index is 5.94. The Bertz CT molecular complexity index is 506. The van der Waals surface area contributed by atoms with Crippen LogP contribution in [-0.4, -0.2) is 26.5 Å². The molecule has 2 heterocycles. The van der Waals surface area contributed by atoms with Crippen molar-refractivity contribution in [2.24, 2.45) is 0 Å².